The Morgan fingerprint density at radius 1 is 1.07 bits per heavy atom. The summed E-state index contributed by atoms with van der Waals surface area (Å²) in [5, 5.41) is 13.4. The van der Waals surface area contributed by atoms with Gasteiger partial charge in [-0.05, 0) is 61.0 Å². The van der Waals surface area contributed by atoms with Crippen molar-refractivity contribution in [2.45, 2.75) is 44.0 Å². The van der Waals surface area contributed by atoms with Crippen molar-refractivity contribution in [3.63, 3.8) is 0 Å². The van der Waals surface area contributed by atoms with Crippen LogP contribution in [-0.4, -0.2) is 47.6 Å². The van der Waals surface area contributed by atoms with Gasteiger partial charge in [-0.3, -0.25) is 9.78 Å². The number of nitrogens with one attached hydrogen (secondary N) is 1. The highest BCUT2D eigenvalue weighted by Gasteiger charge is 2.43. The molecular formula is C28H27F2N3O6S. The molecule has 3 heterocycles. The fourth-order valence-corrected chi connectivity index (χ4v) is 5.53. The minimum absolute atomic E-state index is 0.0150. The molecule has 0 aliphatic carbocycles. The number of aliphatic hydroxyl groups excluding tert-OH is 1. The quantitative estimate of drug-likeness (QED) is 0.309. The number of pyridine rings is 1. The number of halogens is 2. The first-order valence-electron chi connectivity index (χ1n) is 12.6. The van der Waals surface area contributed by atoms with E-state index in [0.717, 1.165) is 22.2 Å². The average Bonchev–Trinajstić information content (AvgIpc) is 3.45. The van der Waals surface area contributed by atoms with Crippen molar-refractivity contribution in [3.05, 3.63) is 83.3 Å². The van der Waals surface area contributed by atoms with Crippen molar-refractivity contribution in [2.24, 2.45) is 0 Å². The van der Waals surface area contributed by atoms with Gasteiger partial charge < -0.3 is 24.5 Å². The Labute approximate surface area is 229 Å². The summed E-state index contributed by atoms with van der Waals surface area (Å²) in [6.07, 6.45) is -2.02. The number of alkyl halides is 2. The second kappa shape index (κ2) is 10.5. The van der Waals surface area contributed by atoms with Crippen LogP contribution in [0.15, 0.2) is 65.7 Å². The normalized spacial score (nSPS) is 14.8. The number of aryl methyl sites for hydroxylation is 1. The van der Waals surface area contributed by atoms with Crippen LogP contribution in [0.5, 0.6) is 11.5 Å². The zero-order valence-electron chi connectivity index (χ0n) is 21.7. The van der Waals surface area contributed by atoms with Gasteiger partial charge in [0.25, 0.3) is 5.91 Å². The molecule has 210 valence electrons. The number of hydrogen-bond donors (Lipinski definition) is 2. The summed E-state index contributed by atoms with van der Waals surface area (Å²) < 4.78 is 62.0. The van der Waals surface area contributed by atoms with Crippen LogP contribution in [0.3, 0.4) is 0 Å². The van der Waals surface area contributed by atoms with E-state index in [1.165, 1.54) is 37.4 Å². The molecule has 12 heteroatoms. The number of fused-ring (bicyclic) bond motifs is 2. The van der Waals surface area contributed by atoms with E-state index in [4.69, 9.17) is 0 Å². The monoisotopic (exact) mass is 571 g/mol. The number of hydrogen-bond acceptors (Lipinski definition) is 7. The molecular weight excluding hydrogens is 544 g/mol. The number of amides is 1. The molecule has 5 rings (SSSR count). The lowest BCUT2D eigenvalue weighted by Crippen LogP contribution is -2.31. The first kappa shape index (κ1) is 27.5. The van der Waals surface area contributed by atoms with Crippen LogP contribution in [0.2, 0.25) is 0 Å². The molecule has 0 saturated carbocycles. The summed E-state index contributed by atoms with van der Waals surface area (Å²) in [5.41, 5.74) is 3.26. The van der Waals surface area contributed by atoms with E-state index in [1.54, 1.807) is 18.2 Å². The van der Waals surface area contributed by atoms with Crippen LogP contribution in [0.4, 0.5) is 8.78 Å². The smallest absolute Gasteiger partial charge is 0.395 e. The van der Waals surface area contributed by atoms with Gasteiger partial charge in [-0.15, -0.1) is 8.78 Å². The van der Waals surface area contributed by atoms with Gasteiger partial charge in [0.05, 0.1) is 29.0 Å². The van der Waals surface area contributed by atoms with Gasteiger partial charge in [0.1, 0.15) is 0 Å². The van der Waals surface area contributed by atoms with Gasteiger partial charge in [0.15, 0.2) is 21.3 Å². The largest absolute Gasteiger partial charge is 0.586 e. The maximum atomic E-state index is 13.4. The van der Waals surface area contributed by atoms with Crippen LogP contribution < -0.4 is 14.8 Å². The standard InChI is InChI=1S/C28H27F2N3O6S/c1-3-33-20(11-17-5-10-25-26(12-17)39-28(29,30)38-25)14-19-13-18(6-9-24(19)33)27(35)32-23(16-34)22-8-7-21(15-31-22)40(36,37)4-2/h5-10,12-15,23,34H,3-4,11,16H2,1-2H3,(H,32,35)/t23-/m0/s1. The molecule has 1 amide bonds. The van der Waals surface area contributed by atoms with E-state index in [-0.39, 0.29) is 22.1 Å². The van der Waals surface area contributed by atoms with Crippen LogP contribution in [0, 0.1) is 0 Å². The Balaban J connectivity index is 1.36. The Morgan fingerprint density at radius 2 is 1.85 bits per heavy atom. The fraction of sp³-hybridized carbons (Fsp3) is 0.286. The lowest BCUT2D eigenvalue weighted by molar-refractivity contribution is -0.286. The van der Waals surface area contributed by atoms with Crippen molar-refractivity contribution in [1.29, 1.82) is 0 Å². The summed E-state index contributed by atoms with van der Waals surface area (Å²) in [7, 11) is -3.42. The number of carbonyl (C=O) groups excluding carboxylic acids is 1. The molecule has 4 aromatic rings. The van der Waals surface area contributed by atoms with E-state index >= 15 is 0 Å². The minimum Gasteiger partial charge on any atom is -0.395 e. The van der Waals surface area contributed by atoms with Crippen molar-refractivity contribution in [2.75, 3.05) is 12.4 Å². The molecule has 0 saturated heterocycles. The molecule has 1 aliphatic rings. The van der Waals surface area contributed by atoms with Crippen LogP contribution >= 0.6 is 0 Å². The molecule has 0 radical (unpaired) electrons. The zero-order chi connectivity index (χ0) is 28.7. The topological polar surface area (TPSA) is 120 Å². The lowest BCUT2D eigenvalue weighted by Gasteiger charge is -2.16. The predicted molar refractivity (Wildman–Crippen MR) is 142 cm³/mol. The Bertz CT molecular complexity index is 1690. The molecule has 0 fully saturated rings. The van der Waals surface area contributed by atoms with E-state index < -0.39 is 34.7 Å². The van der Waals surface area contributed by atoms with Gasteiger partial charge >= 0.3 is 6.29 Å². The van der Waals surface area contributed by atoms with E-state index in [2.05, 4.69) is 24.3 Å². The first-order chi connectivity index (χ1) is 19.0. The highest BCUT2D eigenvalue weighted by atomic mass is 32.2. The number of aliphatic hydroxyl groups is 1. The third kappa shape index (κ3) is 5.36. The molecule has 2 aromatic carbocycles. The maximum Gasteiger partial charge on any atom is 0.586 e. The van der Waals surface area contributed by atoms with Crippen LogP contribution in [0.1, 0.15) is 47.2 Å². The van der Waals surface area contributed by atoms with Crippen molar-refractivity contribution >= 4 is 26.6 Å². The molecule has 0 bridgehead atoms. The van der Waals surface area contributed by atoms with E-state index in [1.807, 2.05) is 19.1 Å². The Kier molecular flexibility index (Phi) is 7.23. The van der Waals surface area contributed by atoms with Crippen molar-refractivity contribution in [3.8, 4) is 11.5 Å². The predicted octanol–water partition coefficient (Wildman–Crippen LogP) is 4.23. The lowest BCUT2D eigenvalue weighted by atomic mass is 10.1. The number of rotatable bonds is 9. The second-order valence-corrected chi connectivity index (χ2v) is 11.6. The number of ether oxygens (including phenoxy) is 2. The number of sulfone groups is 1. The van der Waals surface area contributed by atoms with E-state index in [9.17, 15) is 27.1 Å². The summed E-state index contributed by atoms with van der Waals surface area (Å²) in [5.74, 6) is -0.530. The second-order valence-electron chi connectivity index (χ2n) is 9.31. The Hall–Kier alpha value is -4.03. The van der Waals surface area contributed by atoms with Crippen LogP contribution in [-0.2, 0) is 22.8 Å². The third-order valence-electron chi connectivity index (χ3n) is 6.76. The molecule has 2 N–H and O–H groups in total. The van der Waals surface area contributed by atoms with Gasteiger partial charge in [0.2, 0.25) is 0 Å². The highest BCUT2D eigenvalue weighted by molar-refractivity contribution is 7.91. The molecule has 1 atom stereocenters. The molecule has 40 heavy (non-hydrogen) atoms. The summed E-state index contributed by atoms with van der Waals surface area (Å²) >= 11 is 0. The molecule has 9 nitrogen and oxygen atoms in total. The van der Waals surface area contributed by atoms with Crippen LogP contribution in [0.25, 0.3) is 10.9 Å². The molecule has 1 aliphatic heterocycles. The molecule has 0 unspecified atom stereocenters. The molecule has 2 aromatic heterocycles. The number of carbonyl (C=O) groups is 1. The highest BCUT2D eigenvalue weighted by Crippen LogP contribution is 2.41. The number of aromatic nitrogens is 2. The minimum atomic E-state index is -3.68. The Morgan fingerprint density at radius 3 is 2.52 bits per heavy atom. The SMILES string of the molecule is CCn1c(Cc2ccc3c(c2)OC(F)(F)O3)cc2cc(C(=O)N[C@@H](CO)c3ccc(S(=O)(=O)CC)cn3)ccc21. The zero-order valence-corrected chi connectivity index (χ0v) is 22.5. The average molecular weight is 572 g/mol. The van der Waals surface area contributed by atoms with Gasteiger partial charge in [-0.2, -0.15) is 0 Å². The fourth-order valence-electron chi connectivity index (χ4n) is 4.70. The summed E-state index contributed by atoms with van der Waals surface area (Å²) in [6, 6.07) is 13.9. The maximum absolute atomic E-state index is 13.4. The first-order valence-corrected chi connectivity index (χ1v) is 14.3. The van der Waals surface area contributed by atoms with E-state index in [0.29, 0.717) is 24.2 Å². The third-order valence-corrected chi connectivity index (χ3v) is 8.48. The summed E-state index contributed by atoms with van der Waals surface area (Å²) in [4.78, 5) is 17.3. The van der Waals surface area contributed by atoms with Gasteiger partial charge in [-0.1, -0.05) is 13.0 Å². The van der Waals surface area contributed by atoms with Gasteiger partial charge in [0, 0.05) is 41.3 Å². The van der Waals surface area contributed by atoms with Crippen molar-refractivity contribution in [1.82, 2.24) is 14.9 Å². The number of nitrogens with zero attached hydrogens (tertiary/aromatic N) is 2. The van der Waals surface area contributed by atoms with Crippen molar-refractivity contribution < 1.29 is 36.6 Å². The molecule has 0 spiro atoms. The van der Waals surface area contributed by atoms with Gasteiger partial charge in [-0.25, -0.2) is 8.42 Å². The number of benzene rings is 2. The summed E-state index contributed by atoms with van der Waals surface area (Å²) in [6.45, 7) is 3.74.